The molecule has 3 aromatic rings. The molecule has 0 aliphatic heterocycles. The third-order valence-electron chi connectivity index (χ3n) is 4.34. The van der Waals surface area contributed by atoms with Gasteiger partial charge < -0.3 is 20.3 Å². The molecule has 0 saturated carbocycles. The Labute approximate surface area is 164 Å². The van der Waals surface area contributed by atoms with Crippen LogP contribution < -0.4 is 10.1 Å². The third kappa shape index (κ3) is 5.34. The highest BCUT2D eigenvalue weighted by atomic mass is 16.5. The van der Waals surface area contributed by atoms with E-state index in [4.69, 9.17) is 4.74 Å². The molecule has 1 atom stereocenters. The van der Waals surface area contributed by atoms with E-state index in [1.54, 1.807) is 6.07 Å². The predicted octanol–water partition coefficient (Wildman–Crippen LogP) is 3.30. The molecule has 144 valence electrons. The molecular formula is C23H23NO4. The number of nitrogens with one attached hydrogen (secondary N) is 1. The normalized spacial score (nSPS) is 11.6. The number of aromatic hydroxyl groups is 1. The van der Waals surface area contributed by atoms with E-state index < -0.39 is 11.9 Å². The number of hydrogen-bond acceptors (Lipinski definition) is 4. The first-order valence-electron chi connectivity index (χ1n) is 9.11. The number of amides is 1. The van der Waals surface area contributed by atoms with Crippen LogP contribution in [0.2, 0.25) is 0 Å². The average Bonchev–Trinajstić information content (AvgIpc) is 2.74. The zero-order valence-electron chi connectivity index (χ0n) is 15.4. The third-order valence-corrected chi connectivity index (χ3v) is 4.34. The number of aliphatic hydroxyl groups is 1. The lowest BCUT2D eigenvalue weighted by Crippen LogP contribution is -2.39. The van der Waals surface area contributed by atoms with Gasteiger partial charge >= 0.3 is 0 Å². The minimum absolute atomic E-state index is 0.108. The molecule has 0 unspecified atom stereocenters. The van der Waals surface area contributed by atoms with Gasteiger partial charge in [-0.15, -0.1) is 0 Å². The van der Waals surface area contributed by atoms with E-state index in [0.717, 1.165) is 11.1 Å². The maximum Gasteiger partial charge on any atom is 0.255 e. The zero-order valence-corrected chi connectivity index (χ0v) is 15.4. The first kappa shape index (κ1) is 19.5. The van der Waals surface area contributed by atoms with Crippen molar-refractivity contribution in [2.75, 3.05) is 6.61 Å². The first-order chi connectivity index (χ1) is 13.7. The molecule has 5 heteroatoms. The summed E-state index contributed by atoms with van der Waals surface area (Å²) in [5.41, 5.74) is 2.12. The Hall–Kier alpha value is -3.31. The van der Waals surface area contributed by atoms with Gasteiger partial charge in [-0.2, -0.15) is 0 Å². The van der Waals surface area contributed by atoms with Crippen LogP contribution in [0.4, 0.5) is 0 Å². The summed E-state index contributed by atoms with van der Waals surface area (Å²) < 4.78 is 5.72. The largest absolute Gasteiger partial charge is 0.507 e. The average molecular weight is 377 g/mol. The second-order valence-electron chi connectivity index (χ2n) is 6.50. The monoisotopic (exact) mass is 377 g/mol. The molecule has 0 aliphatic carbocycles. The molecule has 0 spiro atoms. The minimum atomic E-state index is -0.461. The van der Waals surface area contributed by atoms with Crippen molar-refractivity contribution < 1.29 is 19.7 Å². The molecule has 5 nitrogen and oxygen atoms in total. The van der Waals surface area contributed by atoms with Crippen LogP contribution in [0, 0.1) is 0 Å². The molecular weight excluding hydrogens is 354 g/mol. The maximum atomic E-state index is 12.6. The van der Waals surface area contributed by atoms with Gasteiger partial charge in [-0.1, -0.05) is 60.7 Å². The maximum absolute atomic E-state index is 12.6. The number of aliphatic hydroxyl groups excluding tert-OH is 1. The Kier molecular flexibility index (Phi) is 6.65. The van der Waals surface area contributed by atoms with Crippen molar-refractivity contribution in [2.24, 2.45) is 0 Å². The van der Waals surface area contributed by atoms with Gasteiger partial charge in [-0.05, 0) is 35.7 Å². The number of carbonyl (C=O) groups is 1. The van der Waals surface area contributed by atoms with E-state index in [1.165, 1.54) is 12.1 Å². The van der Waals surface area contributed by atoms with Crippen molar-refractivity contribution >= 4 is 5.91 Å². The number of rotatable bonds is 8. The quantitative estimate of drug-likeness (QED) is 0.563. The standard InChI is InChI=1S/C23H23NO4/c25-15-19(13-17-7-3-1-4-8-17)24-23(27)21-14-20(11-12-22(21)26)28-16-18-9-5-2-6-10-18/h1-12,14,19,25-26H,13,15-16H2,(H,24,27)/t19-/m0/s1. The lowest BCUT2D eigenvalue weighted by molar-refractivity contribution is 0.0913. The lowest BCUT2D eigenvalue weighted by Gasteiger charge is -2.17. The lowest BCUT2D eigenvalue weighted by atomic mass is 10.1. The molecule has 0 radical (unpaired) electrons. The van der Waals surface area contributed by atoms with Gasteiger partial charge in [-0.3, -0.25) is 4.79 Å². The SMILES string of the molecule is O=C(N[C@H](CO)Cc1ccccc1)c1cc(OCc2ccccc2)ccc1O. The topological polar surface area (TPSA) is 78.8 Å². The molecule has 0 fully saturated rings. The van der Waals surface area contributed by atoms with Crippen LogP contribution in [0.1, 0.15) is 21.5 Å². The van der Waals surface area contributed by atoms with E-state index in [9.17, 15) is 15.0 Å². The van der Waals surface area contributed by atoms with Crippen LogP contribution in [-0.4, -0.2) is 28.8 Å². The molecule has 3 N–H and O–H groups in total. The van der Waals surface area contributed by atoms with Crippen molar-refractivity contribution in [2.45, 2.75) is 19.1 Å². The van der Waals surface area contributed by atoms with E-state index in [0.29, 0.717) is 18.8 Å². The summed E-state index contributed by atoms with van der Waals surface area (Å²) in [5, 5.41) is 22.5. The molecule has 3 aromatic carbocycles. The molecule has 28 heavy (non-hydrogen) atoms. The summed E-state index contributed by atoms with van der Waals surface area (Å²) in [7, 11) is 0. The summed E-state index contributed by atoms with van der Waals surface area (Å²) >= 11 is 0. The van der Waals surface area contributed by atoms with Crippen molar-refractivity contribution in [3.05, 3.63) is 95.6 Å². The van der Waals surface area contributed by atoms with Crippen LogP contribution >= 0.6 is 0 Å². The van der Waals surface area contributed by atoms with E-state index >= 15 is 0 Å². The second-order valence-corrected chi connectivity index (χ2v) is 6.50. The van der Waals surface area contributed by atoms with Gasteiger partial charge in [0.05, 0.1) is 18.2 Å². The second kappa shape index (κ2) is 9.58. The van der Waals surface area contributed by atoms with Crippen molar-refractivity contribution in [1.29, 1.82) is 0 Å². The first-order valence-corrected chi connectivity index (χ1v) is 9.11. The summed E-state index contributed by atoms with van der Waals surface area (Å²) in [4.78, 5) is 12.6. The van der Waals surface area contributed by atoms with Crippen LogP contribution in [-0.2, 0) is 13.0 Å². The predicted molar refractivity (Wildman–Crippen MR) is 107 cm³/mol. The zero-order chi connectivity index (χ0) is 19.8. The van der Waals surface area contributed by atoms with Gasteiger partial charge in [0.25, 0.3) is 5.91 Å². The summed E-state index contributed by atoms with van der Waals surface area (Å²) in [6.07, 6.45) is 0.494. The van der Waals surface area contributed by atoms with Crippen LogP contribution in [0.5, 0.6) is 11.5 Å². The summed E-state index contributed by atoms with van der Waals surface area (Å²) in [5.74, 6) is -0.117. The highest BCUT2D eigenvalue weighted by Gasteiger charge is 2.17. The van der Waals surface area contributed by atoms with Crippen molar-refractivity contribution in [3.63, 3.8) is 0 Å². The Bertz CT molecular complexity index is 897. The molecule has 1 amide bonds. The van der Waals surface area contributed by atoms with E-state index in [2.05, 4.69) is 5.32 Å². The highest BCUT2D eigenvalue weighted by molar-refractivity contribution is 5.97. The summed E-state index contributed by atoms with van der Waals surface area (Å²) in [6, 6.07) is 23.4. The highest BCUT2D eigenvalue weighted by Crippen LogP contribution is 2.24. The van der Waals surface area contributed by atoms with Gasteiger partial charge in [0.1, 0.15) is 18.1 Å². The smallest absolute Gasteiger partial charge is 0.255 e. The summed E-state index contributed by atoms with van der Waals surface area (Å²) in [6.45, 7) is 0.158. The fourth-order valence-corrected chi connectivity index (χ4v) is 2.85. The molecule has 0 heterocycles. The Balaban J connectivity index is 1.66. The van der Waals surface area contributed by atoms with Crippen molar-refractivity contribution in [3.8, 4) is 11.5 Å². The van der Waals surface area contributed by atoms with Gasteiger partial charge in [-0.25, -0.2) is 0 Å². The van der Waals surface area contributed by atoms with E-state index in [-0.39, 0.29) is 17.9 Å². The minimum Gasteiger partial charge on any atom is -0.507 e. The number of phenols is 1. The number of ether oxygens (including phenoxy) is 1. The Morgan fingerprint density at radius 3 is 2.21 bits per heavy atom. The Morgan fingerprint density at radius 1 is 0.929 bits per heavy atom. The van der Waals surface area contributed by atoms with Gasteiger partial charge in [0.15, 0.2) is 0 Å². The van der Waals surface area contributed by atoms with Crippen molar-refractivity contribution in [1.82, 2.24) is 5.32 Å². The molecule has 0 saturated heterocycles. The number of phenolic OH excluding ortho intramolecular Hbond substituents is 1. The molecule has 0 bridgehead atoms. The number of benzene rings is 3. The Morgan fingerprint density at radius 2 is 1.57 bits per heavy atom. The van der Waals surface area contributed by atoms with Crippen LogP contribution in [0.15, 0.2) is 78.9 Å². The molecule has 3 rings (SSSR count). The number of carbonyl (C=O) groups excluding carboxylic acids is 1. The van der Waals surface area contributed by atoms with Gasteiger partial charge in [0, 0.05) is 0 Å². The van der Waals surface area contributed by atoms with Gasteiger partial charge in [0.2, 0.25) is 0 Å². The van der Waals surface area contributed by atoms with E-state index in [1.807, 2.05) is 60.7 Å². The number of hydrogen-bond donors (Lipinski definition) is 3. The van der Waals surface area contributed by atoms with Crippen LogP contribution in [0.25, 0.3) is 0 Å². The fraction of sp³-hybridized carbons (Fsp3) is 0.174. The van der Waals surface area contributed by atoms with Crippen LogP contribution in [0.3, 0.4) is 0 Å². The molecule has 0 aliphatic rings. The fourth-order valence-electron chi connectivity index (χ4n) is 2.85. The molecule has 0 aromatic heterocycles.